The lowest BCUT2D eigenvalue weighted by atomic mass is 10.1. The Morgan fingerprint density at radius 3 is 2.28 bits per heavy atom. The molecule has 6 nitrogen and oxygen atoms in total. The number of ether oxygens (including phenoxy) is 2. The molecule has 0 atom stereocenters. The summed E-state index contributed by atoms with van der Waals surface area (Å²) in [7, 11) is 0. The van der Waals surface area contributed by atoms with Crippen LogP contribution in [-0.4, -0.2) is 35.0 Å². The van der Waals surface area contributed by atoms with E-state index in [1.165, 1.54) is 0 Å². The molecule has 0 spiro atoms. The highest BCUT2D eigenvalue weighted by molar-refractivity contribution is 5.90. The third-order valence-corrected chi connectivity index (χ3v) is 5.37. The molecule has 3 rings (SSSR count). The van der Waals surface area contributed by atoms with Crippen LogP contribution in [0.1, 0.15) is 45.4 Å². The van der Waals surface area contributed by atoms with E-state index in [-0.39, 0.29) is 18.5 Å². The second kappa shape index (κ2) is 10.7. The summed E-state index contributed by atoms with van der Waals surface area (Å²) in [6, 6.07) is 17.4. The summed E-state index contributed by atoms with van der Waals surface area (Å²) >= 11 is 0. The average Bonchev–Trinajstić information content (AvgIpc) is 3.07. The minimum Gasteiger partial charge on any atom is -0.484 e. The molecular formula is C26H30N2O4. The van der Waals surface area contributed by atoms with Crippen LogP contribution in [0, 0.1) is 20.8 Å². The van der Waals surface area contributed by atoms with Gasteiger partial charge in [0.1, 0.15) is 11.4 Å². The lowest BCUT2D eigenvalue weighted by Gasteiger charge is -2.24. The van der Waals surface area contributed by atoms with Gasteiger partial charge in [0, 0.05) is 18.8 Å². The summed E-state index contributed by atoms with van der Waals surface area (Å²) in [4.78, 5) is 30.3. The van der Waals surface area contributed by atoms with Crippen LogP contribution in [0.3, 0.4) is 0 Å². The molecule has 1 amide bonds. The van der Waals surface area contributed by atoms with E-state index in [1.807, 2.05) is 75.4 Å². The minimum absolute atomic E-state index is 0.0663. The van der Waals surface area contributed by atoms with Crippen molar-refractivity contribution in [1.29, 1.82) is 0 Å². The first-order valence-corrected chi connectivity index (χ1v) is 10.7. The molecule has 0 unspecified atom stereocenters. The molecule has 6 heteroatoms. The first-order chi connectivity index (χ1) is 15.4. The normalized spacial score (nSPS) is 10.6. The van der Waals surface area contributed by atoms with Crippen LogP contribution in [0.15, 0.2) is 54.6 Å². The predicted molar refractivity (Wildman–Crippen MR) is 124 cm³/mol. The van der Waals surface area contributed by atoms with Gasteiger partial charge >= 0.3 is 5.97 Å². The van der Waals surface area contributed by atoms with Gasteiger partial charge in [0.2, 0.25) is 0 Å². The van der Waals surface area contributed by atoms with Gasteiger partial charge in [-0.3, -0.25) is 4.79 Å². The quantitative estimate of drug-likeness (QED) is 0.495. The van der Waals surface area contributed by atoms with Crippen LogP contribution in [0.4, 0.5) is 0 Å². The highest BCUT2D eigenvalue weighted by Gasteiger charge is 2.23. The van der Waals surface area contributed by atoms with Crippen LogP contribution in [0.25, 0.3) is 0 Å². The summed E-state index contributed by atoms with van der Waals surface area (Å²) in [5, 5.41) is 0. The monoisotopic (exact) mass is 434 g/mol. The molecule has 2 aromatic carbocycles. The number of aromatic nitrogens is 1. The van der Waals surface area contributed by atoms with E-state index < -0.39 is 0 Å². The molecule has 0 fully saturated rings. The van der Waals surface area contributed by atoms with Crippen molar-refractivity contribution in [2.24, 2.45) is 0 Å². The van der Waals surface area contributed by atoms with Gasteiger partial charge in [0.05, 0.1) is 6.61 Å². The van der Waals surface area contributed by atoms with Gasteiger partial charge in [0.25, 0.3) is 5.91 Å². The molecule has 0 aliphatic heterocycles. The van der Waals surface area contributed by atoms with E-state index in [2.05, 4.69) is 4.98 Å². The molecule has 1 aromatic heterocycles. The molecule has 3 aromatic rings. The van der Waals surface area contributed by atoms with Crippen molar-refractivity contribution < 1.29 is 19.1 Å². The van der Waals surface area contributed by atoms with Crippen LogP contribution in [-0.2, 0) is 22.6 Å². The zero-order valence-electron chi connectivity index (χ0n) is 19.1. The van der Waals surface area contributed by atoms with Gasteiger partial charge < -0.3 is 19.4 Å². The molecule has 1 N–H and O–H groups in total. The average molecular weight is 435 g/mol. The number of benzene rings is 2. The molecule has 0 radical (unpaired) electrons. The number of nitrogens with one attached hydrogen (secondary N) is 1. The smallest absolute Gasteiger partial charge is 0.355 e. The fourth-order valence-electron chi connectivity index (χ4n) is 3.52. The number of rotatable bonds is 9. The SMILES string of the molecule is CCOC(=O)c1[nH]c(C)c(CN(Cc2ccc(C)cc2)C(=O)COc2ccccc2)c1C. The molecule has 168 valence electrons. The molecule has 0 saturated carbocycles. The highest BCUT2D eigenvalue weighted by atomic mass is 16.5. The van der Waals surface area contributed by atoms with Crippen LogP contribution in [0.2, 0.25) is 0 Å². The summed E-state index contributed by atoms with van der Waals surface area (Å²) in [6.45, 7) is 8.63. The molecule has 0 aliphatic carbocycles. The standard InChI is InChI=1S/C26H30N2O4/c1-5-31-26(30)25-19(3)23(20(4)27-25)16-28(15-21-13-11-18(2)12-14-21)24(29)17-32-22-9-7-6-8-10-22/h6-14,27H,5,15-17H2,1-4H3. The number of hydrogen-bond acceptors (Lipinski definition) is 4. The fraction of sp³-hybridized carbons (Fsp3) is 0.308. The lowest BCUT2D eigenvalue weighted by molar-refractivity contribution is -0.134. The van der Waals surface area contributed by atoms with Gasteiger partial charge in [-0.2, -0.15) is 0 Å². The van der Waals surface area contributed by atoms with Crippen molar-refractivity contribution in [2.75, 3.05) is 13.2 Å². The van der Waals surface area contributed by atoms with E-state index in [0.717, 1.165) is 27.9 Å². The third kappa shape index (κ3) is 5.78. The Kier molecular flexibility index (Phi) is 7.71. The van der Waals surface area contributed by atoms with E-state index in [1.54, 1.807) is 11.8 Å². The fourth-order valence-corrected chi connectivity index (χ4v) is 3.52. The van der Waals surface area contributed by atoms with E-state index >= 15 is 0 Å². The number of carbonyl (C=O) groups excluding carboxylic acids is 2. The zero-order valence-corrected chi connectivity index (χ0v) is 19.1. The van der Waals surface area contributed by atoms with Gasteiger partial charge in [-0.1, -0.05) is 48.0 Å². The maximum Gasteiger partial charge on any atom is 0.355 e. The minimum atomic E-state index is -0.386. The Bertz CT molecular complexity index is 1060. The molecule has 0 saturated heterocycles. The Morgan fingerprint density at radius 2 is 1.62 bits per heavy atom. The summed E-state index contributed by atoms with van der Waals surface area (Å²) in [5.41, 5.74) is 5.18. The maximum absolute atomic E-state index is 13.2. The summed E-state index contributed by atoms with van der Waals surface area (Å²) in [5.74, 6) is 0.130. The second-order valence-electron chi connectivity index (χ2n) is 7.79. The van der Waals surface area contributed by atoms with Crippen LogP contribution < -0.4 is 4.74 Å². The van der Waals surface area contributed by atoms with Crippen molar-refractivity contribution in [2.45, 2.75) is 40.8 Å². The van der Waals surface area contributed by atoms with Crippen molar-refractivity contribution in [3.05, 3.63) is 88.2 Å². The van der Waals surface area contributed by atoms with Gasteiger partial charge in [-0.05, 0) is 56.5 Å². The largest absolute Gasteiger partial charge is 0.484 e. The number of H-pyrrole nitrogens is 1. The number of esters is 1. The first-order valence-electron chi connectivity index (χ1n) is 10.7. The van der Waals surface area contributed by atoms with Crippen molar-refractivity contribution in [1.82, 2.24) is 9.88 Å². The van der Waals surface area contributed by atoms with Gasteiger partial charge in [-0.15, -0.1) is 0 Å². The van der Waals surface area contributed by atoms with E-state index in [4.69, 9.17) is 9.47 Å². The Morgan fingerprint density at radius 1 is 0.938 bits per heavy atom. The Labute approximate surface area is 189 Å². The topological polar surface area (TPSA) is 71.6 Å². The number of amides is 1. The summed E-state index contributed by atoms with van der Waals surface area (Å²) < 4.78 is 10.9. The van der Waals surface area contributed by atoms with E-state index in [9.17, 15) is 9.59 Å². The number of hydrogen-bond donors (Lipinski definition) is 1. The molecule has 0 bridgehead atoms. The van der Waals surface area contributed by atoms with Crippen LogP contribution in [0.5, 0.6) is 5.75 Å². The number of aromatic amines is 1. The van der Waals surface area contributed by atoms with Crippen molar-refractivity contribution in [3.8, 4) is 5.75 Å². The third-order valence-electron chi connectivity index (χ3n) is 5.37. The number of para-hydroxylation sites is 1. The Balaban J connectivity index is 1.82. The molecular weight excluding hydrogens is 404 g/mol. The number of nitrogens with zero attached hydrogens (tertiary/aromatic N) is 1. The number of aryl methyl sites for hydroxylation is 2. The van der Waals surface area contributed by atoms with Crippen molar-refractivity contribution >= 4 is 11.9 Å². The van der Waals surface area contributed by atoms with Gasteiger partial charge in [0.15, 0.2) is 6.61 Å². The molecule has 32 heavy (non-hydrogen) atoms. The van der Waals surface area contributed by atoms with Gasteiger partial charge in [-0.25, -0.2) is 4.79 Å². The highest BCUT2D eigenvalue weighted by Crippen LogP contribution is 2.22. The predicted octanol–water partition coefficient (Wildman–Crippen LogP) is 4.72. The van der Waals surface area contributed by atoms with Crippen LogP contribution >= 0.6 is 0 Å². The number of carbonyl (C=O) groups is 2. The zero-order chi connectivity index (χ0) is 23.1. The first kappa shape index (κ1) is 23.1. The van der Waals surface area contributed by atoms with Crippen molar-refractivity contribution in [3.63, 3.8) is 0 Å². The Hall–Kier alpha value is -3.54. The van der Waals surface area contributed by atoms with E-state index in [0.29, 0.717) is 31.1 Å². The summed E-state index contributed by atoms with van der Waals surface area (Å²) in [6.07, 6.45) is 0. The molecule has 0 aliphatic rings. The lowest BCUT2D eigenvalue weighted by Crippen LogP contribution is -2.34. The maximum atomic E-state index is 13.2. The second-order valence-corrected chi connectivity index (χ2v) is 7.79. The molecule has 1 heterocycles.